The molecule has 1 aliphatic heterocycles. The standard InChI is InChI=1S/C18H27N3.HI/c1-17(2)12-21(18(17,3)4)16(19-5)20-15-11-14(15)13-9-7-6-8-10-13;/h6-10,14-15H,11-12H2,1-5H3,(H,19,20);1H. The molecule has 1 aromatic rings. The van der Waals surface area contributed by atoms with Crippen molar-refractivity contribution in [3.05, 3.63) is 35.9 Å². The van der Waals surface area contributed by atoms with Crippen LogP contribution in [0.3, 0.4) is 0 Å². The van der Waals surface area contributed by atoms with Gasteiger partial charge in [-0.3, -0.25) is 4.99 Å². The molecular weight excluding hydrogens is 385 g/mol. The average molecular weight is 413 g/mol. The molecule has 122 valence electrons. The maximum absolute atomic E-state index is 4.51. The molecule has 0 spiro atoms. The first-order valence-electron chi connectivity index (χ1n) is 7.93. The monoisotopic (exact) mass is 413 g/mol. The van der Waals surface area contributed by atoms with E-state index in [4.69, 9.17) is 0 Å². The van der Waals surface area contributed by atoms with Gasteiger partial charge in [0.15, 0.2) is 5.96 Å². The zero-order chi connectivity index (χ0) is 15.3. The summed E-state index contributed by atoms with van der Waals surface area (Å²) in [6.45, 7) is 10.4. The molecular formula is C18H28IN3. The van der Waals surface area contributed by atoms with E-state index in [2.05, 4.69) is 73.2 Å². The van der Waals surface area contributed by atoms with E-state index in [0.717, 1.165) is 12.5 Å². The van der Waals surface area contributed by atoms with Crippen molar-refractivity contribution in [3.63, 3.8) is 0 Å². The number of hydrogen-bond donors (Lipinski definition) is 1. The van der Waals surface area contributed by atoms with E-state index in [1.54, 1.807) is 0 Å². The molecule has 1 saturated heterocycles. The number of likely N-dealkylation sites (tertiary alicyclic amines) is 1. The van der Waals surface area contributed by atoms with Crippen molar-refractivity contribution in [2.45, 2.75) is 51.6 Å². The molecule has 1 heterocycles. The van der Waals surface area contributed by atoms with Crippen LogP contribution >= 0.6 is 24.0 Å². The Bertz CT molecular complexity index is 551. The van der Waals surface area contributed by atoms with Crippen LogP contribution in [-0.4, -0.2) is 36.0 Å². The van der Waals surface area contributed by atoms with Crippen LogP contribution in [0.2, 0.25) is 0 Å². The largest absolute Gasteiger partial charge is 0.353 e. The third kappa shape index (κ3) is 2.86. The summed E-state index contributed by atoms with van der Waals surface area (Å²) in [6, 6.07) is 11.3. The van der Waals surface area contributed by atoms with Crippen molar-refractivity contribution in [1.82, 2.24) is 10.2 Å². The zero-order valence-corrected chi connectivity index (χ0v) is 16.6. The van der Waals surface area contributed by atoms with Crippen molar-refractivity contribution >= 4 is 29.9 Å². The van der Waals surface area contributed by atoms with Crippen LogP contribution in [-0.2, 0) is 0 Å². The van der Waals surface area contributed by atoms with Gasteiger partial charge in [0.05, 0.1) is 0 Å². The lowest BCUT2D eigenvalue weighted by molar-refractivity contribution is -0.0668. The van der Waals surface area contributed by atoms with Crippen molar-refractivity contribution in [1.29, 1.82) is 0 Å². The molecule has 3 nitrogen and oxygen atoms in total. The summed E-state index contributed by atoms with van der Waals surface area (Å²) in [5.74, 6) is 1.70. The molecule has 1 aliphatic carbocycles. The van der Waals surface area contributed by atoms with E-state index < -0.39 is 0 Å². The highest BCUT2D eigenvalue weighted by Gasteiger charge is 2.54. The molecule has 2 fully saturated rings. The Morgan fingerprint density at radius 2 is 1.82 bits per heavy atom. The van der Waals surface area contributed by atoms with Crippen molar-refractivity contribution in [2.75, 3.05) is 13.6 Å². The third-order valence-electron chi connectivity index (χ3n) is 5.68. The Kier molecular flexibility index (Phi) is 4.81. The number of benzene rings is 1. The Morgan fingerprint density at radius 1 is 1.18 bits per heavy atom. The van der Waals surface area contributed by atoms with E-state index >= 15 is 0 Å². The van der Waals surface area contributed by atoms with Crippen molar-refractivity contribution in [3.8, 4) is 0 Å². The summed E-state index contributed by atoms with van der Waals surface area (Å²) in [7, 11) is 1.89. The predicted octanol–water partition coefficient (Wildman–Crippen LogP) is 3.86. The number of rotatable bonds is 2. The Balaban J connectivity index is 0.00000176. The van der Waals surface area contributed by atoms with Crippen LogP contribution in [0.4, 0.5) is 0 Å². The van der Waals surface area contributed by atoms with Gasteiger partial charge < -0.3 is 10.2 Å². The van der Waals surface area contributed by atoms with Gasteiger partial charge in [-0.25, -0.2) is 0 Å². The Morgan fingerprint density at radius 3 is 2.32 bits per heavy atom. The highest BCUT2D eigenvalue weighted by Crippen LogP contribution is 2.47. The SMILES string of the molecule is CN=C(NC1CC1c1ccccc1)N1CC(C)(C)C1(C)C.I. The molecule has 2 atom stereocenters. The van der Waals surface area contributed by atoms with Crippen LogP contribution in [0, 0.1) is 5.41 Å². The topological polar surface area (TPSA) is 27.6 Å². The fourth-order valence-corrected chi connectivity index (χ4v) is 3.25. The molecule has 0 amide bonds. The number of nitrogens with one attached hydrogen (secondary N) is 1. The van der Waals surface area contributed by atoms with Gasteiger partial charge in [-0.2, -0.15) is 0 Å². The second kappa shape index (κ2) is 6.02. The fraction of sp³-hybridized carbons (Fsp3) is 0.611. The van der Waals surface area contributed by atoms with Crippen LogP contribution < -0.4 is 5.32 Å². The second-order valence-corrected chi connectivity index (χ2v) is 7.58. The third-order valence-corrected chi connectivity index (χ3v) is 5.68. The first-order valence-corrected chi connectivity index (χ1v) is 7.93. The van der Waals surface area contributed by atoms with Gasteiger partial charge in [-0.15, -0.1) is 24.0 Å². The van der Waals surface area contributed by atoms with E-state index in [1.165, 1.54) is 12.0 Å². The average Bonchev–Trinajstić information content (AvgIpc) is 3.23. The van der Waals surface area contributed by atoms with E-state index in [1.807, 2.05) is 7.05 Å². The van der Waals surface area contributed by atoms with Gasteiger partial charge in [0.25, 0.3) is 0 Å². The maximum Gasteiger partial charge on any atom is 0.194 e. The minimum atomic E-state index is 0. The molecule has 4 heteroatoms. The molecule has 1 N–H and O–H groups in total. The smallest absolute Gasteiger partial charge is 0.194 e. The van der Waals surface area contributed by atoms with E-state index in [9.17, 15) is 0 Å². The number of nitrogens with zero attached hydrogens (tertiary/aromatic N) is 2. The quantitative estimate of drug-likeness (QED) is 0.453. The van der Waals surface area contributed by atoms with Crippen LogP contribution in [0.5, 0.6) is 0 Å². The van der Waals surface area contributed by atoms with Gasteiger partial charge >= 0.3 is 0 Å². The summed E-state index contributed by atoms with van der Waals surface area (Å²) in [4.78, 5) is 6.92. The van der Waals surface area contributed by atoms with Gasteiger partial charge in [0, 0.05) is 36.5 Å². The summed E-state index contributed by atoms with van der Waals surface area (Å²) < 4.78 is 0. The number of hydrogen-bond acceptors (Lipinski definition) is 1. The van der Waals surface area contributed by atoms with Gasteiger partial charge in [0.2, 0.25) is 0 Å². The van der Waals surface area contributed by atoms with Gasteiger partial charge in [-0.1, -0.05) is 44.2 Å². The highest BCUT2D eigenvalue weighted by molar-refractivity contribution is 14.0. The Labute approximate surface area is 151 Å². The van der Waals surface area contributed by atoms with Crippen molar-refractivity contribution in [2.24, 2.45) is 10.4 Å². The summed E-state index contributed by atoms with van der Waals surface area (Å²) in [5.41, 5.74) is 1.94. The number of guanidine groups is 1. The molecule has 0 bridgehead atoms. The lowest BCUT2D eigenvalue weighted by Crippen LogP contribution is -2.72. The molecule has 3 rings (SSSR count). The van der Waals surface area contributed by atoms with Gasteiger partial charge in [0.1, 0.15) is 0 Å². The zero-order valence-electron chi connectivity index (χ0n) is 14.3. The normalized spacial score (nSPS) is 28.4. The molecule has 2 unspecified atom stereocenters. The summed E-state index contributed by atoms with van der Waals surface area (Å²) in [5, 5.41) is 3.66. The molecule has 0 aromatic heterocycles. The Hall–Kier alpha value is -0.780. The highest BCUT2D eigenvalue weighted by atomic mass is 127. The first-order chi connectivity index (χ1) is 9.87. The summed E-state index contributed by atoms with van der Waals surface area (Å²) in [6.07, 6.45) is 1.21. The minimum Gasteiger partial charge on any atom is -0.353 e. The minimum absolute atomic E-state index is 0. The lowest BCUT2D eigenvalue weighted by Gasteiger charge is -2.62. The van der Waals surface area contributed by atoms with Crippen LogP contribution in [0.1, 0.15) is 45.6 Å². The maximum atomic E-state index is 4.51. The fourth-order valence-electron chi connectivity index (χ4n) is 3.25. The molecule has 2 aliphatic rings. The lowest BCUT2D eigenvalue weighted by atomic mass is 9.65. The molecule has 1 saturated carbocycles. The van der Waals surface area contributed by atoms with Crippen LogP contribution in [0.25, 0.3) is 0 Å². The second-order valence-electron chi connectivity index (χ2n) is 7.58. The first kappa shape index (κ1) is 17.6. The van der Waals surface area contributed by atoms with E-state index in [0.29, 0.717) is 17.4 Å². The predicted molar refractivity (Wildman–Crippen MR) is 104 cm³/mol. The van der Waals surface area contributed by atoms with Crippen LogP contribution in [0.15, 0.2) is 35.3 Å². The summed E-state index contributed by atoms with van der Waals surface area (Å²) >= 11 is 0. The van der Waals surface area contributed by atoms with Crippen molar-refractivity contribution < 1.29 is 0 Å². The van der Waals surface area contributed by atoms with Gasteiger partial charge in [-0.05, 0) is 25.8 Å². The molecule has 22 heavy (non-hydrogen) atoms. The number of halogens is 1. The van der Waals surface area contributed by atoms with E-state index in [-0.39, 0.29) is 29.5 Å². The molecule has 1 aromatic carbocycles. The molecule has 0 radical (unpaired) electrons. The number of aliphatic imine (C=N–C) groups is 1.